The quantitative estimate of drug-likeness (QED) is 0.677. The van der Waals surface area contributed by atoms with Crippen LogP contribution in [0.5, 0.6) is 0 Å². The van der Waals surface area contributed by atoms with Gasteiger partial charge in [-0.25, -0.2) is 0 Å². The highest BCUT2D eigenvalue weighted by molar-refractivity contribution is 5.76. The molecule has 3 nitrogen and oxygen atoms in total. The second kappa shape index (κ2) is 7.66. The van der Waals surface area contributed by atoms with Gasteiger partial charge in [0.2, 0.25) is 5.91 Å². The van der Waals surface area contributed by atoms with Crippen molar-refractivity contribution >= 4 is 5.91 Å². The van der Waals surface area contributed by atoms with Crippen molar-refractivity contribution in [3.8, 4) is 0 Å². The maximum Gasteiger partial charge on any atom is 0.222 e. The number of unbranched alkanes of at least 4 members (excludes halogenated alkanes) is 2. The summed E-state index contributed by atoms with van der Waals surface area (Å²) < 4.78 is 0. The van der Waals surface area contributed by atoms with Gasteiger partial charge >= 0.3 is 0 Å². The van der Waals surface area contributed by atoms with Crippen molar-refractivity contribution in [3.63, 3.8) is 0 Å². The van der Waals surface area contributed by atoms with Crippen molar-refractivity contribution in [3.05, 3.63) is 0 Å². The Morgan fingerprint density at radius 1 is 1.25 bits per heavy atom. The highest BCUT2D eigenvalue weighted by atomic mass is 16.2. The minimum atomic E-state index is 0.264. The molecule has 1 rings (SSSR count). The summed E-state index contributed by atoms with van der Waals surface area (Å²) in [5, 5.41) is 8.65. The Labute approximate surface area is 98.8 Å². The molecule has 1 saturated carbocycles. The number of carbonyl (C=O) groups excluding carboxylic acids is 1. The first-order valence-corrected chi connectivity index (χ1v) is 6.59. The van der Waals surface area contributed by atoms with Gasteiger partial charge in [-0.2, -0.15) is 0 Å². The third kappa shape index (κ3) is 4.97. The molecule has 94 valence electrons. The van der Waals surface area contributed by atoms with E-state index in [0.717, 1.165) is 32.2 Å². The fraction of sp³-hybridized carbons (Fsp3) is 0.923. The van der Waals surface area contributed by atoms with E-state index in [1.165, 1.54) is 25.7 Å². The summed E-state index contributed by atoms with van der Waals surface area (Å²) in [5.41, 5.74) is 0. The van der Waals surface area contributed by atoms with Crippen molar-refractivity contribution < 1.29 is 9.90 Å². The lowest BCUT2D eigenvalue weighted by Crippen LogP contribution is -2.29. The van der Waals surface area contributed by atoms with Gasteiger partial charge in [0.15, 0.2) is 0 Å². The minimum absolute atomic E-state index is 0.264. The summed E-state index contributed by atoms with van der Waals surface area (Å²) in [6.07, 6.45) is 8.71. The van der Waals surface area contributed by atoms with Crippen LogP contribution in [-0.2, 0) is 4.79 Å². The number of carbonyl (C=O) groups is 1. The Kier molecular flexibility index (Phi) is 6.46. The van der Waals surface area contributed by atoms with Crippen LogP contribution < -0.4 is 0 Å². The molecule has 0 aromatic carbocycles. The first kappa shape index (κ1) is 13.5. The molecule has 3 heteroatoms. The van der Waals surface area contributed by atoms with Crippen LogP contribution >= 0.6 is 0 Å². The van der Waals surface area contributed by atoms with E-state index in [1.54, 1.807) is 0 Å². The number of hydrogen-bond acceptors (Lipinski definition) is 2. The molecule has 0 unspecified atom stereocenters. The molecule has 0 aromatic rings. The molecular formula is C13H25NO2. The summed E-state index contributed by atoms with van der Waals surface area (Å²) in [4.78, 5) is 13.7. The van der Waals surface area contributed by atoms with E-state index in [4.69, 9.17) is 5.11 Å². The van der Waals surface area contributed by atoms with Crippen molar-refractivity contribution in [2.75, 3.05) is 20.2 Å². The lowest BCUT2D eigenvalue weighted by atomic mass is 10.0. The van der Waals surface area contributed by atoms with Crippen LogP contribution in [0.1, 0.15) is 51.4 Å². The van der Waals surface area contributed by atoms with Crippen molar-refractivity contribution in [2.24, 2.45) is 5.92 Å². The summed E-state index contributed by atoms with van der Waals surface area (Å²) >= 11 is 0. The number of rotatable bonds is 7. The first-order valence-electron chi connectivity index (χ1n) is 6.59. The molecule has 1 fully saturated rings. The average molecular weight is 227 g/mol. The second-order valence-corrected chi connectivity index (χ2v) is 4.95. The van der Waals surface area contributed by atoms with E-state index in [0.29, 0.717) is 11.8 Å². The maximum absolute atomic E-state index is 11.8. The SMILES string of the molecule is CN(CCCCCO)C(=O)CC1CCCC1. The third-order valence-electron chi connectivity index (χ3n) is 3.52. The summed E-state index contributed by atoms with van der Waals surface area (Å²) in [6.45, 7) is 1.10. The van der Waals surface area contributed by atoms with Crippen LogP contribution in [-0.4, -0.2) is 36.1 Å². The highest BCUT2D eigenvalue weighted by Crippen LogP contribution is 2.27. The monoisotopic (exact) mass is 227 g/mol. The van der Waals surface area contributed by atoms with Gasteiger partial charge in [-0.1, -0.05) is 12.8 Å². The van der Waals surface area contributed by atoms with Crippen molar-refractivity contribution in [2.45, 2.75) is 51.4 Å². The van der Waals surface area contributed by atoms with Crippen LogP contribution in [0.25, 0.3) is 0 Å². The van der Waals surface area contributed by atoms with Gasteiger partial charge in [-0.05, 0) is 38.0 Å². The molecule has 0 heterocycles. The molecule has 16 heavy (non-hydrogen) atoms. The van der Waals surface area contributed by atoms with Gasteiger partial charge in [0, 0.05) is 26.6 Å². The van der Waals surface area contributed by atoms with Gasteiger partial charge in [0.05, 0.1) is 0 Å². The molecule has 0 aliphatic heterocycles. The smallest absolute Gasteiger partial charge is 0.222 e. The third-order valence-corrected chi connectivity index (χ3v) is 3.52. The number of aliphatic hydroxyl groups is 1. The Balaban J connectivity index is 2.09. The fourth-order valence-corrected chi connectivity index (χ4v) is 2.38. The molecule has 1 N–H and O–H groups in total. The summed E-state index contributed by atoms with van der Waals surface area (Å²) in [5.74, 6) is 0.947. The van der Waals surface area contributed by atoms with Crippen molar-refractivity contribution in [1.29, 1.82) is 0 Å². The summed E-state index contributed by atoms with van der Waals surface area (Å²) in [7, 11) is 1.90. The molecule has 0 saturated heterocycles. The van der Waals surface area contributed by atoms with Crippen LogP contribution in [0.4, 0.5) is 0 Å². The van der Waals surface area contributed by atoms with E-state index in [-0.39, 0.29) is 6.61 Å². The lowest BCUT2D eigenvalue weighted by Gasteiger charge is -2.19. The van der Waals surface area contributed by atoms with E-state index >= 15 is 0 Å². The maximum atomic E-state index is 11.8. The van der Waals surface area contributed by atoms with Gasteiger partial charge in [-0.15, -0.1) is 0 Å². The Morgan fingerprint density at radius 3 is 2.56 bits per heavy atom. The van der Waals surface area contributed by atoms with Crippen LogP contribution in [0.15, 0.2) is 0 Å². The van der Waals surface area contributed by atoms with Crippen LogP contribution in [0.3, 0.4) is 0 Å². The predicted octanol–water partition coefficient (Wildman–Crippen LogP) is 2.19. The van der Waals surface area contributed by atoms with Crippen LogP contribution in [0, 0.1) is 5.92 Å². The van der Waals surface area contributed by atoms with Crippen LogP contribution in [0.2, 0.25) is 0 Å². The normalized spacial score (nSPS) is 16.6. The Morgan fingerprint density at radius 2 is 1.94 bits per heavy atom. The molecule has 0 bridgehead atoms. The molecule has 0 radical (unpaired) electrons. The molecule has 0 atom stereocenters. The van der Waals surface area contributed by atoms with Gasteiger partial charge in [0.1, 0.15) is 0 Å². The Hall–Kier alpha value is -0.570. The molecule has 0 spiro atoms. The second-order valence-electron chi connectivity index (χ2n) is 4.95. The zero-order valence-electron chi connectivity index (χ0n) is 10.5. The van der Waals surface area contributed by atoms with Crippen molar-refractivity contribution in [1.82, 2.24) is 4.90 Å². The number of nitrogens with zero attached hydrogens (tertiary/aromatic N) is 1. The number of hydrogen-bond donors (Lipinski definition) is 1. The summed E-state index contributed by atoms with van der Waals surface area (Å²) in [6, 6.07) is 0. The minimum Gasteiger partial charge on any atom is -0.396 e. The van der Waals surface area contributed by atoms with E-state index in [1.807, 2.05) is 11.9 Å². The topological polar surface area (TPSA) is 40.5 Å². The van der Waals surface area contributed by atoms with Gasteiger partial charge in [0.25, 0.3) is 0 Å². The Bertz CT molecular complexity index is 200. The zero-order valence-corrected chi connectivity index (χ0v) is 10.5. The lowest BCUT2D eigenvalue weighted by molar-refractivity contribution is -0.130. The van der Waals surface area contributed by atoms with E-state index in [2.05, 4.69) is 0 Å². The molecule has 1 aliphatic carbocycles. The molecule has 1 amide bonds. The molecular weight excluding hydrogens is 202 g/mol. The zero-order chi connectivity index (χ0) is 11.8. The first-order chi connectivity index (χ1) is 7.74. The fourth-order valence-electron chi connectivity index (χ4n) is 2.38. The van der Waals surface area contributed by atoms with Gasteiger partial charge in [-0.3, -0.25) is 4.79 Å². The highest BCUT2D eigenvalue weighted by Gasteiger charge is 2.20. The molecule has 1 aliphatic rings. The van der Waals surface area contributed by atoms with E-state index < -0.39 is 0 Å². The number of aliphatic hydroxyl groups excluding tert-OH is 1. The molecule has 0 aromatic heterocycles. The average Bonchev–Trinajstić information content (AvgIpc) is 2.76. The van der Waals surface area contributed by atoms with Gasteiger partial charge < -0.3 is 10.0 Å². The van der Waals surface area contributed by atoms with E-state index in [9.17, 15) is 4.79 Å². The standard InChI is InChI=1S/C13H25NO2/c1-14(9-5-2-6-10-15)13(16)11-12-7-3-4-8-12/h12,15H,2-11H2,1H3. The predicted molar refractivity (Wildman–Crippen MR) is 65.1 cm³/mol. The number of amides is 1. The largest absolute Gasteiger partial charge is 0.396 e.